The minimum Gasteiger partial charge on any atom is -0.473 e. The standard InChI is InChI=1S/C10H19N3O2S/c1-7(2)8(3)11-4-9(14)6-15-10-5-12-16-13-10/h5,7-9,11,14H,4,6H2,1-3H3. The van der Waals surface area contributed by atoms with Crippen LogP contribution >= 0.6 is 11.7 Å². The highest BCUT2D eigenvalue weighted by Crippen LogP contribution is 2.05. The third-order valence-electron chi connectivity index (χ3n) is 2.44. The summed E-state index contributed by atoms with van der Waals surface area (Å²) in [5.74, 6) is 1.02. The summed E-state index contributed by atoms with van der Waals surface area (Å²) in [5, 5.41) is 12.9. The monoisotopic (exact) mass is 245 g/mol. The van der Waals surface area contributed by atoms with Crippen molar-refractivity contribution in [2.75, 3.05) is 13.2 Å². The molecule has 0 aliphatic rings. The Hall–Kier alpha value is -0.720. The third kappa shape index (κ3) is 4.87. The number of nitrogens with one attached hydrogen (secondary N) is 1. The minimum absolute atomic E-state index is 0.239. The minimum atomic E-state index is -0.525. The molecule has 1 aromatic rings. The van der Waals surface area contributed by atoms with Crippen molar-refractivity contribution in [3.05, 3.63) is 6.20 Å². The van der Waals surface area contributed by atoms with Crippen LogP contribution < -0.4 is 10.1 Å². The molecule has 92 valence electrons. The molecular weight excluding hydrogens is 226 g/mol. The molecule has 0 aliphatic carbocycles. The van der Waals surface area contributed by atoms with Crippen LogP contribution in [0.25, 0.3) is 0 Å². The van der Waals surface area contributed by atoms with Gasteiger partial charge >= 0.3 is 0 Å². The molecule has 0 aromatic carbocycles. The Labute approximate surface area is 100 Å². The van der Waals surface area contributed by atoms with Gasteiger partial charge in [-0.05, 0) is 12.8 Å². The van der Waals surface area contributed by atoms with E-state index in [2.05, 4.69) is 34.8 Å². The van der Waals surface area contributed by atoms with Gasteiger partial charge in [-0.2, -0.15) is 4.37 Å². The number of aliphatic hydroxyl groups is 1. The van der Waals surface area contributed by atoms with Crippen LogP contribution in [0.5, 0.6) is 5.88 Å². The average Bonchev–Trinajstić information content (AvgIpc) is 2.75. The first kappa shape index (κ1) is 13.3. The summed E-state index contributed by atoms with van der Waals surface area (Å²) in [4.78, 5) is 0. The second-order valence-electron chi connectivity index (χ2n) is 4.15. The average molecular weight is 245 g/mol. The lowest BCUT2D eigenvalue weighted by atomic mass is 10.1. The zero-order chi connectivity index (χ0) is 12.0. The first-order valence-corrected chi connectivity index (χ1v) is 6.14. The van der Waals surface area contributed by atoms with Crippen LogP contribution in [0.3, 0.4) is 0 Å². The van der Waals surface area contributed by atoms with Gasteiger partial charge < -0.3 is 15.2 Å². The van der Waals surface area contributed by atoms with E-state index in [1.54, 1.807) is 6.20 Å². The topological polar surface area (TPSA) is 67.3 Å². The largest absolute Gasteiger partial charge is 0.473 e. The van der Waals surface area contributed by atoms with Crippen molar-refractivity contribution in [3.63, 3.8) is 0 Å². The molecule has 0 spiro atoms. The van der Waals surface area contributed by atoms with E-state index in [-0.39, 0.29) is 6.61 Å². The quantitative estimate of drug-likeness (QED) is 0.747. The molecule has 2 unspecified atom stereocenters. The van der Waals surface area contributed by atoms with E-state index in [1.165, 1.54) is 0 Å². The fourth-order valence-corrected chi connectivity index (χ4v) is 1.38. The number of aromatic nitrogens is 2. The Balaban J connectivity index is 2.13. The Morgan fingerprint density at radius 2 is 2.25 bits per heavy atom. The van der Waals surface area contributed by atoms with Crippen molar-refractivity contribution in [1.29, 1.82) is 0 Å². The molecule has 1 heterocycles. The molecule has 0 amide bonds. The van der Waals surface area contributed by atoms with E-state index in [0.717, 1.165) is 11.7 Å². The van der Waals surface area contributed by atoms with Crippen molar-refractivity contribution in [1.82, 2.24) is 14.1 Å². The van der Waals surface area contributed by atoms with Crippen LogP contribution in [-0.4, -0.2) is 39.2 Å². The molecule has 0 radical (unpaired) electrons. The molecule has 2 N–H and O–H groups in total. The molecule has 2 atom stereocenters. The van der Waals surface area contributed by atoms with E-state index in [0.29, 0.717) is 24.4 Å². The predicted octanol–water partition coefficient (Wildman–Crippen LogP) is 0.912. The van der Waals surface area contributed by atoms with Gasteiger partial charge in [-0.1, -0.05) is 13.8 Å². The van der Waals surface area contributed by atoms with E-state index < -0.39 is 6.10 Å². The van der Waals surface area contributed by atoms with Crippen molar-refractivity contribution < 1.29 is 9.84 Å². The number of rotatable bonds is 7. The number of nitrogens with zero attached hydrogens (tertiary/aromatic N) is 2. The molecule has 1 aromatic heterocycles. The molecule has 1 rings (SSSR count). The van der Waals surface area contributed by atoms with Gasteiger partial charge in [0, 0.05) is 12.6 Å². The smallest absolute Gasteiger partial charge is 0.245 e. The molecule has 0 aliphatic heterocycles. The SMILES string of the molecule is CC(C)C(C)NCC(O)COc1cnsn1. The molecule has 0 saturated heterocycles. The highest BCUT2D eigenvalue weighted by molar-refractivity contribution is 6.99. The fourth-order valence-electron chi connectivity index (χ4n) is 1.02. The fraction of sp³-hybridized carbons (Fsp3) is 0.800. The van der Waals surface area contributed by atoms with Crippen LogP contribution in [0.1, 0.15) is 20.8 Å². The molecule has 6 heteroatoms. The first-order valence-electron chi connectivity index (χ1n) is 5.41. The van der Waals surface area contributed by atoms with Crippen LogP contribution in [0.15, 0.2) is 6.20 Å². The summed E-state index contributed by atoms with van der Waals surface area (Å²) in [6.07, 6.45) is 1.02. The molecule has 5 nitrogen and oxygen atoms in total. The Kier molecular flexibility index (Phi) is 5.65. The maximum absolute atomic E-state index is 9.65. The molecule has 0 fully saturated rings. The van der Waals surface area contributed by atoms with Gasteiger partial charge in [0.15, 0.2) is 0 Å². The molecule has 16 heavy (non-hydrogen) atoms. The maximum Gasteiger partial charge on any atom is 0.245 e. The van der Waals surface area contributed by atoms with E-state index >= 15 is 0 Å². The lowest BCUT2D eigenvalue weighted by molar-refractivity contribution is 0.100. The van der Waals surface area contributed by atoms with E-state index in [4.69, 9.17) is 4.74 Å². The van der Waals surface area contributed by atoms with Gasteiger partial charge in [0.2, 0.25) is 5.88 Å². The van der Waals surface area contributed by atoms with E-state index in [1.807, 2.05) is 0 Å². The lowest BCUT2D eigenvalue weighted by Crippen LogP contribution is -2.38. The summed E-state index contributed by atoms with van der Waals surface area (Å²) < 4.78 is 12.9. The third-order valence-corrected chi connectivity index (χ3v) is 2.90. The summed E-state index contributed by atoms with van der Waals surface area (Å²) in [7, 11) is 0. The zero-order valence-electron chi connectivity index (χ0n) is 9.88. The highest BCUT2D eigenvalue weighted by Gasteiger charge is 2.10. The van der Waals surface area contributed by atoms with Crippen molar-refractivity contribution in [3.8, 4) is 5.88 Å². The van der Waals surface area contributed by atoms with Crippen molar-refractivity contribution >= 4 is 11.7 Å². The van der Waals surface area contributed by atoms with Gasteiger partial charge in [-0.25, -0.2) is 0 Å². The van der Waals surface area contributed by atoms with Crippen LogP contribution in [0, 0.1) is 5.92 Å². The number of hydrogen-bond acceptors (Lipinski definition) is 6. The van der Waals surface area contributed by atoms with Crippen LogP contribution in [0.2, 0.25) is 0 Å². The van der Waals surface area contributed by atoms with E-state index in [9.17, 15) is 5.11 Å². The van der Waals surface area contributed by atoms with Crippen molar-refractivity contribution in [2.24, 2.45) is 5.92 Å². The second-order valence-corrected chi connectivity index (χ2v) is 4.71. The van der Waals surface area contributed by atoms with Gasteiger partial charge in [-0.15, -0.1) is 4.37 Å². The Morgan fingerprint density at radius 3 is 2.81 bits per heavy atom. The molecule has 0 bridgehead atoms. The van der Waals surface area contributed by atoms with Gasteiger partial charge in [-0.3, -0.25) is 0 Å². The number of hydrogen-bond donors (Lipinski definition) is 2. The van der Waals surface area contributed by atoms with Crippen molar-refractivity contribution in [2.45, 2.75) is 32.9 Å². The normalized spacial score (nSPS) is 15.1. The molecular formula is C10H19N3O2S. The summed E-state index contributed by atoms with van der Waals surface area (Å²) in [5.41, 5.74) is 0. The predicted molar refractivity (Wildman–Crippen MR) is 63.7 cm³/mol. The summed E-state index contributed by atoms with van der Waals surface area (Å²) in [6, 6.07) is 0.385. The maximum atomic E-state index is 9.65. The van der Waals surface area contributed by atoms with Gasteiger partial charge in [0.1, 0.15) is 18.9 Å². The van der Waals surface area contributed by atoms with Gasteiger partial charge in [0.05, 0.1) is 11.7 Å². The van der Waals surface area contributed by atoms with Crippen LogP contribution in [0.4, 0.5) is 0 Å². The second kappa shape index (κ2) is 6.78. The number of aliphatic hydroxyl groups excluding tert-OH is 1. The van der Waals surface area contributed by atoms with Crippen LogP contribution in [-0.2, 0) is 0 Å². The lowest BCUT2D eigenvalue weighted by Gasteiger charge is -2.19. The Morgan fingerprint density at radius 1 is 1.50 bits per heavy atom. The molecule has 0 saturated carbocycles. The zero-order valence-corrected chi connectivity index (χ0v) is 10.7. The highest BCUT2D eigenvalue weighted by atomic mass is 32.1. The summed E-state index contributed by atoms with van der Waals surface area (Å²) in [6.45, 7) is 7.14. The summed E-state index contributed by atoms with van der Waals surface area (Å²) >= 11 is 1.09. The Bertz CT molecular complexity index is 280. The van der Waals surface area contributed by atoms with Gasteiger partial charge in [0.25, 0.3) is 0 Å². The first-order chi connectivity index (χ1) is 7.59. The number of ether oxygens (including phenoxy) is 1.